The topological polar surface area (TPSA) is 21.3 Å². The molecule has 2 fully saturated rings. The summed E-state index contributed by atoms with van der Waals surface area (Å²) in [6.07, 6.45) is 6.88. The fourth-order valence-corrected chi connectivity index (χ4v) is 4.39. The van der Waals surface area contributed by atoms with Gasteiger partial charge in [0.05, 0.1) is 0 Å². The highest BCUT2D eigenvalue weighted by Crippen LogP contribution is 2.54. The van der Waals surface area contributed by atoms with Crippen LogP contribution in [-0.4, -0.2) is 19.2 Å². The third-order valence-corrected chi connectivity index (χ3v) is 6.61. The lowest BCUT2D eigenvalue weighted by molar-refractivity contribution is -0.0736. The molecule has 3 rings (SSSR count). The van der Waals surface area contributed by atoms with E-state index in [1.165, 1.54) is 41.3 Å². The van der Waals surface area contributed by atoms with E-state index in [-0.39, 0.29) is 0 Å². The Morgan fingerprint density at radius 1 is 1.20 bits per heavy atom. The van der Waals surface area contributed by atoms with E-state index in [4.69, 9.17) is 4.74 Å². The fourth-order valence-electron chi connectivity index (χ4n) is 4.16. The van der Waals surface area contributed by atoms with Gasteiger partial charge in [0.2, 0.25) is 0 Å². The van der Waals surface area contributed by atoms with Crippen molar-refractivity contribution in [2.24, 2.45) is 5.41 Å². The summed E-state index contributed by atoms with van der Waals surface area (Å²) in [4.78, 5) is 0. The molecule has 1 spiro atoms. The van der Waals surface area contributed by atoms with Gasteiger partial charge in [0.1, 0.15) is 11.9 Å². The van der Waals surface area contributed by atoms with Crippen molar-refractivity contribution in [1.82, 2.24) is 5.32 Å². The Balaban J connectivity index is 1.78. The van der Waals surface area contributed by atoms with Crippen LogP contribution in [0, 0.1) is 19.3 Å². The molecule has 2 atom stereocenters. The molecule has 0 aromatic heterocycles. The second-order valence-corrected chi connectivity index (χ2v) is 7.29. The molecule has 3 heteroatoms. The molecular weight excluding hydrogens is 314 g/mol. The van der Waals surface area contributed by atoms with E-state index in [2.05, 4.69) is 54.3 Å². The van der Waals surface area contributed by atoms with E-state index in [1.807, 2.05) is 0 Å². The minimum atomic E-state index is 0.391. The van der Waals surface area contributed by atoms with Crippen molar-refractivity contribution < 1.29 is 4.74 Å². The average Bonchev–Trinajstić information content (AvgIpc) is 2.92. The molecule has 2 aliphatic carbocycles. The van der Waals surface area contributed by atoms with Gasteiger partial charge in [-0.05, 0) is 57.0 Å². The van der Waals surface area contributed by atoms with Crippen LogP contribution in [0.1, 0.15) is 43.2 Å². The zero-order chi connectivity index (χ0) is 14.3. The highest BCUT2D eigenvalue weighted by molar-refractivity contribution is 9.10. The maximum atomic E-state index is 6.38. The number of halogens is 1. The van der Waals surface area contributed by atoms with Gasteiger partial charge >= 0.3 is 0 Å². The van der Waals surface area contributed by atoms with Gasteiger partial charge in [-0.25, -0.2) is 0 Å². The van der Waals surface area contributed by atoms with Crippen LogP contribution in [0.5, 0.6) is 5.75 Å². The van der Waals surface area contributed by atoms with Crippen molar-refractivity contribution in [1.29, 1.82) is 0 Å². The molecule has 1 N–H and O–H groups in total. The Bertz CT molecular complexity index is 485. The summed E-state index contributed by atoms with van der Waals surface area (Å²) in [6.45, 7) is 4.26. The number of aryl methyl sites for hydroxylation is 2. The smallest absolute Gasteiger partial charge is 0.120 e. The van der Waals surface area contributed by atoms with Crippen molar-refractivity contribution in [2.45, 2.75) is 58.1 Å². The fraction of sp³-hybridized carbons (Fsp3) is 0.647. The zero-order valence-electron chi connectivity index (χ0n) is 12.6. The average molecular weight is 338 g/mol. The van der Waals surface area contributed by atoms with Crippen LogP contribution in [-0.2, 0) is 0 Å². The minimum Gasteiger partial charge on any atom is -0.490 e. The van der Waals surface area contributed by atoms with Crippen molar-refractivity contribution in [3.8, 4) is 5.75 Å². The first-order valence-corrected chi connectivity index (χ1v) is 8.47. The summed E-state index contributed by atoms with van der Waals surface area (Å²) in [7, 11) is 2.09. The van der Waals surface area contributed by atoms with Crippen LogP contribution in [0.2, 0.25) is 0 Å². The van der Waals surface area contributed by atoms with Crippen LogP contribution in [0.3, 0.4) is 0 Å². The quantitative estimate of drug-likeness (QED) is 0.884. The largest absolute Gasteiger partial charge is 0.490 e. The number of hydrogen-bond donors (Lipinski definition) is 1. The summed E-state index contributed by atoms with van der Waals surface area (Å²) >= 11 is 3.63. The van der Waals surface area contributed by atoms with E-state index in [0.717, 1.165) is 12.2 Å². The van der Waals surface area contributed by atoms with Gasteiger partial charge in [-0.2, -0.15) is 0 Å². The number of benzene rings is 1. The molecule has 2 unspecified atom stereocenters. The Morgan fingerprint density at radius 2 is 1.80 bits per heavy atom. The van der Waals surface area contributed by atoms with Crippen LogP contribution in [0.25, 0.3) is 0 Å². The normalized spacial score (nSPS) is 27.6. The predicted octanol–water partition coefficient (Wildman–Crippen LogP) is 4.37. The molecule has 2 aliphatic rings. The van der Waals surface area contributed by atoms with E-state index >= 15 is 0 Å². The lowest BCUT2D eigenvalue weighted by Gasteiger charge is -2.53. The van der Waals surface area contributed by atoms with Crippen molar-refractivity contribution in [3.05, 3.63) is 27.7 Å². The number of rotatable bonds is 3. The standard InChI is InChI=1S/C17H24BrNO/c1-11-8-13(9-12(2)16(11)18)20-15-10-14(19-3)17(15)6-4-5-7-17/h8-9,14-15,19H,4-7,10H2,1-3H3. The Hall–Kier alpha value is -0.540. The summed E-state index contributed by atoms with van der Waals surface area (Å²) in [5.74, 6) is 1.04. The molecule has 0 radical (unpaired) electrons. The third-order valence-electron chi connectivity index (χ3n) is 5.36. The van der Waals surface area contributed by atoms with Crippen molar-refractivity contribution in [3.63, 3.8) is 0 Å². The lowest BCUT2D eigenvalue weighted by Crippen LogP contribution is -2.63. The third kappa shape index (κ3) is 2.19. The summed E-state index contributed by atoms with van der Waals surface area (Å²) < 4.78 is 7.57. The maximum Gasteiger partial charge on any atom is 0.120 e. The molecule has 0 bridgehead atoms. The molecule has 1 aromatic rings. The number of hydrogen-bond acceptors (Lipinski definition) is 2. The van der Waals surface area contributed by atoms with Gasteiger partial charge in [-0.3, -0.25) is 0 Å². The molecule has 1 aromatic carbocycles. The highest BCUT2D eigenvalue weighted by atomic mass is 79.9. The first kappa shape index (κ1) is 14.4. The zero-order valence-corrected chi connectivity index (χ0v) is 14.2. The molecule has 20 heavy (non-hydrogen) atoms. The molecule has 0 saturated heterocycles. The first-order valence-electron chi connectivity index (χ1n) is 7.67. The van der Waals surface area contributed by atoms with Crippen LogP contribution in [0.4, 0.5) is 0 Å². The first-order chi connectivity index (χ1) is 9.56. The van der Waals surface area contributed by atoms with E-state index in [0.29, 0.717) is 17.6 Å². The van der Waals surface area contributed by atoms with Gasteiger partial charge in [0.25, 0.3) is 0 Å². The molecule has 2 saturated carbocycles. The van der Waals surface area contributed by atoms with Gasteiger partial charge in [-0.1, -0.05) is 28.8 Å². The Labute approximate surface area is 130 Å². The molecular formula is C17H24BrNO. The van der Waals surface area contributed by atoms with E-state index in [1.54, 1.807) is 0 Å². The van der Waals surface area contributed by atoms with Crippen LogP contribution >= 0.6 is 15.9 Å². The van der Waals surface area contributed by atoms with Crippen LogP contribution in [0.15, 0.2) is 16.6 Å². The molecule has 2 nitrogen and oxygen atoms in total. The Kier molecular flexibility index (Phi) is 3.85. The summed E-state index contributed by atoms with van der Waals surface area (Å²) in [5.41, 5.74) is 2.90. The van der Waals surface area contributed by atoms with Gasteiger partial charge in [-0.15, -0.1) is 0 Å². The minimum absolute atomic E-state index is 0.391. The molecule has 0 amide bonds. The summed E-state index contributed by atoms with van der Waals surface area (Å²) in [6, 6.07) is 4.96. The monoisotopic (exact) mass is 337 g/mol. The maximum absolute atomic E-state index is 6.38. The van der Waals surface area contributed by atoms with E-state index < -0.39 is 0 Å². The lowest BCUT2D eigenvalue weighted by atomic mass is 9.60. The van der Waals surface area contributed by atoms with Gasteiger partial charge in [0.15, 0.2) is 0 Å². The SMILES string of the molecule is CNC1CC(Oc2cc(C)c(Br)c(C)c2)C12CCCC2. The number of nitrogens with one attached hydrogen (secondary N) is 1. The second kappa shape index (κ2) is 5.34. The second-order valence-electron chi connectivity index (χ2n) is 6.49. The molecule has 0 aliphatic heterocycles. The molecule has 110 valence electrons. The Morgan fingerprint density at radius 3 is 2.35 bits per heavy atom. The number of ether oxygens (including phenoxy) is 1. The molecule has 0 heterocycles. The summed E-state index contributed by atoms with van der Waals surface area (Å²) in [5, 5.41) is 3.49. The van der Waals surface area contributed by atoms with Crippen LogP contribution < -0.4 is 10.1 Å². The highest BCUT2D eigenvalue weighted by Gasteiger charge is 2.57. The van der Waals surface area contributed by atoms with Crippen molar-refractivity contribution >= 4 is 15.9 Å². The van der Waals surface area contributed by atoms with Crippen molar-refractivity contribution in [2.75, 3.05) is 7.05 Å². The predicted molar refractivity (Wildman–Crippen MR) is 86.4 cm³/mol. The van der Waals surface area contributed by atoms with Gasteiger partial charge < -0.3 is 10.1 Å². The van der Waals surface area contributed by atoms with E-state index in [9.17, 15) is 0 Å². The van der Waals surface area contributed by atoms with Gasteiger partial charge in [0, 0.05) is 22.4 Å².